The van der Waals surface area contributed by atoms with E-state index in [1.165, 1.54) is 16.7 Å². The van der Waals surface area contributed by atoms with Crippen LogP contribution in [0.2, 0.25) is 0 Å². The molecule has 0 spiro atoms. The summed E-state index contributed by atoms with van der Waals surface area (Å²) in [6.07, 6.45) is 5.83. The average Bonchev–Trinajstić information content (AvgIpc) is 2.07. The Bertz CT molecular complexity index is 306. The first-order chi connectivity index (χ1) is 5.74. The Morgan fingerprint density at radius 1 is 1.25 bits per heavy atom. The van der Waals surface area contributed by atoms with Crippen LogP contribution in [0.3, 0.4) is 0 Å². The first-order valence-corrected chi connectivity index (χ1v) is 4.10. The molecule has 62 valence electrons. The Morgan fingerprint density at radius 3 is 2.67 bits per heavy atom. The molecule has 0 aliphatic rings. The van der Waals surface area contributed by atoms with Crippen molar-refractivity contribution in [2.45, 2.75) is 13.8 Å². The third-order valence-corrected chi connectivity index (χ3v) is 1.85. The Morgan fingerprint density at radius 2 is 2.00 bits per heavy atom. The second-order valence-corrected chi connectivity index (χ2v) is 2.95. The summed E-state index contributed by atoms with van der Waals surface area (Å²) < 4.78 is 0. The Balaban J connectivity index is 3.04. The van der Waals surface area contributed by atoms with Crippen LogP contribution in [0.1, 0.15) is 16.7 Å². The normalized spacial score (nSPS) is 10.5. The molecule has 1 aromatic carbocycles. The van der Waals surface area contributed by atoms with Crippen LogP contribution >= 0.6 is 0 Å². The van der Waals surface area contributed by atoms with Gasteiger partial charge in [-0.2, -0.15) is 0 Å². The largest absolute Gasteiger partial charge is 0.0991 e. The van der Waals surface area contributed by atoms with E-state index in [4.69, 9.17) is 0 Å². The fourth-order valence-corrected chi connectivity index (χ4v) is 1.11. The summed E-state index contributed by atoms with van der Waals surface area (Å²) in [5, 5.41) is 0. The molecule has 12 heavy (non-hydrogen) atoms. The summed E-state index contributed by atoms with van der Waals surface area (Å²) >= 11 is 0. The summed E-state index contributed by atoms with van der Waals surface area (Å²) in [5.41, 5.74) is 3.87. The molecule has 0 aliphatic heterocycles. The van der Waals surface area contributed by atoms with Crippen molar-refractivity contribution in [3.05, 3.63) is 53.6 Å². The highest BCUT2D eigenvalue weighted by Gasteiger charge is 1.92. The first-order valence-electron chi connectivity index (χ1n) is 4.10. The van der Waals surface area contributed by atoms with Crippen LogP contribution in [-0.2, 0) is 0 Å². The minimum absolute atomic E-state index is 1.27. The van der Waals surface area contributed by atoms with Crippen molar-refractivity contribution in [1.29, 1.82) is 0 Å². The molecule has 0 saturated heterocycles. The van der Waals surface area contributed by atoms with Crippen molar-refractivity contribution < 1.29 is 0 Å². The molecule has 0 bridgehead atoms. The van der Waals surface area contributed by atoms with Gasteiger partial charge >= 0.3 is 0 Å². The Kier molecular flexibility index (Phi) is 2.87. The monoisotopic (exact) mass is 158 g/mol. The van der Waals surface area contributed by atoms with Gasteiger partial charge < -0.3 is 0 Å². The lowest BCUT2D eigenvalue weighted by Crippen LogP contribution is -1.81. The summed E-state index contributed by atoms with van der Waals surface area (Å²) in [6, 6.07) is 6.44. The predicted molar refractivity (Wildman–Crippen MR) is 55.1 cm³/mol. The molecule has 0 unspecified atom stereocenters. The van der Waals surface area contributed by atoms with Gasteiger partial charge in [-0.25, -0.2) is 0 Å². The minimum Gasteiger partial charge on any atom is -0.0991 e. The zero-order valence-corrected chi connectivity index (χ0v) is 7.67. The lowest BCUT2D eigenvalue weighted by Gasteiger charge is -2.00. The van der Waals surface area contributed by atoms with Gasteiger partial charge in [0.1, 0.15) is 0 Å². The molecule has 0 amide bonds. The molecular formula is C12H14. The summed E-state index contributed by atoms with van der Waals surface area (Å²) in [7, 11) is 0. The van der Waals surface area contributed by atoms with Crippen LogP contribution in [0.5, 0.6) is 0 Å². The van der Waals surface area contributed by atoms with Crippen LogP contribution < -0.4 is 0 Å². The molecule has 0 aliphatic carbocycles. The van der Waals surface area contributed by atoms with E-state index in [1.807, 2.05) is 6.08 Å². The molecule has 1 rings (SSSR count). The molecule has 0 N–H and O–H groups in total. The van der Waals surface area contributed by atoms with E-state index in [2.05, 4.69) is 44.7 Å². The number of allylic oxidation sites excluding steroid dienone is 2. The summed E-state index contributed by atoms with van der Waals surface area (Å²) in [6.45, 7) is 7.86. The van der Waals surface area contributed by atoms with E-state index >= 15 is 0 Å². The van der Waals surface area contributed by atoms with E-state index in [1.54, 1.807) is 6.08 Å². The molecule has 0 atom stereocenters. The smallest absolute Gasteiger partial charge is 0.0225 e. The van der Waals surface area contributed by atoms with Gasteiger partial charge in [-0.15, -0.1) is 0 Å². The maximum Gasteiger partial charge on any atom is -0.0225 e. The van der Waals surface area contributed by atoms with Crippen LogP contribution in [0.15, 0.2) is 36.9 Å². The van der Waals surface area contributed by atoms with Gasteiger partial charge in [-0.3, -0.25) is 0 Å². The van der Waals surface area contributed by atoms with Crippen molar-refractivity contribution in [3.8, 4) is 0 Å². The highest BCUT2D eigenvalue weighted by molar-refractivity contribution is 5.55. The molecule has 0 saturated carbocycles. The van der Waals surface area contributed by atoms with Gasteiger partial charge in [0.2, 0.25) is 0 Å². The second kappa shape index (κ2) is 3.91. The highest BCUT2D eigenvalue weighted by atomic mass is 14.0. The molecule has 0 nitrogen and oxygen atoms in total. The molecular weight excluding hydrogens is 144 g/mol. The third-order valence-electron chi connectivity index (χ3n) is 1.85. The number of hydrogen-bond donors (Lipinski definition) is 0. The third kappa shape index (κ3) is 2.09. The van der Waals surface area contributed by atoms with Gasteiger partial charge in [0, 0.05) is 0 Å². The van der Waals surface area contributed by atoms with Crippen molar-refractivity contribution in [2.75, 3.05) is 0 Å². The van der Waals surface area contributed by atoms with Gasteiger partial charge in [0.05, 0.1) is 0 Å². The van der Waals surface area contributed by atoms with E-state index in [0.29, 0.717) is 0 Å². The standard InChI is InChI=1S/C12H14/c1-4-5-6-12-9-10(2)7-8-11(12)3/h4-9H,1H2,2-3H3. The lowest BCUT2D eigenvalue weighted by molar-refractivity contribution is 1.38. The molecule has 0 heterocycles. The fourth-order valence-electron chi connectivity index (χ4n) is 1.11. The number of benzene rings is 1. The maximum atomic E-state index is 3.64. The first kappa shape index (κ1) is 8.79. The van der Waals surface area contributed by atoms with Crippen LogP contribution in [-0.4, -0.2) is 0 Å². The summed E-state index contributed by atoms with van der Waals surface area (Å²) in [4.78, 5) is 0. The van der Waals surface area contributed by atoms with E-state index in [-0.39, 0.29) is 0 Å². The van der Waals surface area contributed by atoms with E-state index in [9.17, 15) is 0 Å². The van der Waals surface area contributed by atoms with Gasteiger partial charge in [0.15, 0.2) is 0 Å². The highest BCUT2D eigenvalue weighted by Crippen LogP contribution is 2.11. The summed E-state index contributed by atoms with van der Waals surface area (Å²) in [5.74, 6) is 0. The van der Waals surface area contributed by atoms with Crippen molar-refractivity contribution in [3.63, 3.8) is 0 Å². The van der Waals surface area contributed by atoms with Crippen LogP contribution in [0.25, 0.3) is 6.08 Å². The van der Waals surface area contributed by atoms with Crippen molar-refractivity contribution >= 4 is 6.08 Å². The zero-order valence-electron chi connectivity index (χ0n) is 7.67. The molecule has 0 fully saturated rings. The van der Waals surface area contributed by atoms with Crippen LogP contribution in [0.4, 0.5) is 0 Å². The molecule has 0 aromatic heterocycles. The molecule has 1 aromatic rings. The lowest BCUT2D eigenvalue weighted by atomic mass is 10.1. The number of rotatable bonds is 2. The second-order valence-electron chi connectivity index (χ2n) is 2.95. The molecule has 0 radical (unpaired) electrons. The SMILES string of the molecule is C=CC=Cc1cc(C)ccc1C. The Labute approximate surface area is 74.2 Å². The predicted octanol–water partition coefficient (Wildman–Crippen LogP) is 3.50. The minimum atomic E-state index is 1.27. The van der Waals surface area contributed by atoms with Gasteiger partial charge in [-0.05, 0) is 25.0 Å². The Hall–Kier alpha value is -1.30. The molecule has 0 heteroatoms. The fraction of sp³-hybridized carbons (Fsp3) is 0.167. The number of aryl methyl sites for hydroxylation is 2. The van der Waals surface area contributed by atoms with E-state index in [0.717, 1.165) is 0 Å². The number of hydrogen-bond acceptors (Lipinski definition) is 0. The quantitative estimate of drug-likeness (QED) is 0.578. The van der Waals surface area contributed by atoms with Gasteiger partial charge in [-0.1, -0.05) is 48.6 Å². The van der Waals surface area contributed by atoms with Gasteiger partial charge in [0.25, 0.3) is 0 Å². The zero-order chi connectivity index (χ0) is 8.97. The maximum absolute atomic E-state index is 3.64. The topological polar surface area (TPSA) is 0 Å². The average molecular weight is 158 g/mol. The van der Waals surface area contributed by atoms with Crippen molar-refractivity contribution in [1.82, 2.24) is 0 Å². The van der Waals surface area contributed by atoms with Crippen molar-refractivity contribution in [2.24, 2.45) is 0 Å². The van der Waals surface area contributed by atoms with Crippen LogP contribution in [0, 0.1) is 13.8 Å². The van der Waals surface area contributed by atoms with E-state index < -0.39 is 0 Å².